The van der Waals surface area contributed by atoms with Crippen molar-refractivity contribution in [3.05, 3.63) is 33.3 Å². The number of rotatable bonds is 7. The highest BCUT2D eigenvalue weighted by molar-refractivity contribution is 6.31. The van der Waals surface area contributed by atoms with E-state index in [9.17, 15) is 10.1 Å². The first-order chi connectivity index (χ1) is 10.5. The number of aromatic nitrogens is 2. The Morgan fingerprint density at radius 1 is 1.45 bits per heavy atom. The highest BCUT2D eigenvalue weighted by atomic mass is 35.5. The van der Waals surface area contributed by atoms with E-state index < -0.39 is 4.92 Å². The van der Waals surface area contributed by atoms with Crippen LogP contribution < -0.4 is 14.8 Å². The van der Waals surface area contributed by atoms with Crippen LogP contribution in [0, 0.1) is 10.1 Å². The van der Waals surface area contributed by atoms with Gasteiger partial charge < -0.3 is 14.8 Å². The Kier molecular flexibility index (Phi) is 4.99. The molecule has 2 rings (SSSR count). The fraction of sp³-hybridized carbons (Fsp3) is 0.333. The van der Waals surface area contributed by atoms with Crippen molar-refractivity contribution in [1.29, 1.82) is 0 Å². The van der Waals surface area contributed by atoms with Gasteiger partial charge in [0.2, 0.25) is 0 Å². The van der Waals surface area contributed by atoms with E-state index in [2.05, 4.69) is 20.3 Å². The molecule has 0 amide bonds. The molecule has 0 aliphatic carbocycles. The third kappa shape index (κ3) is 3.76. The highest BCUT2D eigenvalue weighted by Gasteiger charge is 2.17. The fourth-order valence-electron chi connectivity index (χ4n) is 1.66. The summed E-state index contributed by atoms with van der Waals surface area (Å²) in [5.41, 5.74) is 0.232. The summed E-state index contributed by atoms with van der Waals surface area (Å²) in [6, 6.07) is 4.27. The smallest absolute Gasteiger partial charge is 0.320 e. The fourth-order valence-corrected chi connectivity index (χ4v) is 1.84. The van der Waals surface area contributed by atoms with Crippen molar-refractivity contribution in [2.75, 3.05) is 19.0 Å². The topological polar surface area (TPSA) is 113 Å². The zero-order valence-corrected chi connectivity index (χ0v) is 12.5. The maximum atomic E-state index is 11.0. The Morgan fingerprint density at radius 2 is 2.18 bits per heavy atom. The number of nitrogens with one attached hydrogen (secondary N) is 1. The molecule has 0 radical (unpaired) electrons. The van der Waals surface area contributed by atoms with Crippen LogP contribution in [0.25, 0.3) is 0 Å². The maximum absolute atomic E-state index is 11.0. The van der Waals surface area contributed by atoms with Crippen molar-refractivity contribution in [1.82, 2.24) is 10.3 Å². The number of benzene rings is 1. The van der Waals surface area contributed by atoms with Crippen LogP contribution in [0.15, 0.2) is 22.8 Å². The molecule has 10 heteroatoms. The van der Waals surface area contributed by atoms with Crippen molar-refractivity contribution in [2.24, 2.45) is 0 Å². The average molecular weight is 329 g/mol. The summed E-state index contributed by atoms with van der Waals surface area (Å²) < 4.78 is 14.9. The molecule has 0 spiro atoms. The van der Waals surface area contributed by atoms with E-state index in [0.717, 1.165) is 0 Å². The first-order valence-corrected chi connectivity index (χ1v) is 6.60. The van der Waals surface area contributed by atoms with E-state index in [1.807, 2.05) is 0 Å². The number of hydrogen-bond donors (Lipinski definition) is 1. The van der Waals surface area contributed by atoms with Crippen LogP contribution in [0.1, 0.15) is 6.92 Å². The lowest BCUT2D eigenvalue weighted by Gasteiger charge is -2.14. The van der Waals surface area contributed by atoms with Gasteiger partial charge in [-0.25, -0.2) is 4.63 Å². The third-order valence-corrected chi connectivity index (χ3v) is 2.91. The normalized spacial score (nSPS) is 11.8. The van der Waals surface area contributed by atoms with Crippen LogP contribution in [-0.2, 0) is 0 Å². The first kappa shape index (κ1) is 15.8. The second-order valence-corrected chi connectivity index (χ2v) is 4.74. The Morgan fingerprint density at radius 3 is 2.86 bits per heavy atom. The van der Waals surface area contributed by atoms with E-state index in [1.54, 1.807) is 6.92 Å². The maximum Gasteiger partial charge on any atom is 0.320 e. The van der Waals surface area contributed by atoms with E-state index in [-0.39, 0.29) is 30.1 Å². The molecule has 118 valence electrons. The molecule has 1 aromatic carbocycles. The van der Waals surface area contributed by atoms with Crippen molar-refractivity contribution < 1.29 is 19.0 Å². The second kappa shape index (κ2) is 6.94. The van der Waals surface area contributed by atoms with Crippen molar-refractivity contribution in [3.8, 4) is 11.8 Å². The number of nitro benzene ring substituents is 1. The van der Waals surface area contributed by atoms with Crippen LogP contribution in [0.3, 0.4) is 0 Å². The zero-order chi connectivity index (χ0) is 16.1. The largest absolute Gasteiger partial charge is 0.475 e. The summed E-state index contributed by atoms with van der Waals surface area (Å²) in [6.45, 7) is 2.02. The molecule has 0 saturated heterocycles. The Balaban J connectivity index is 2.00. The van der Waals surface area contributed by atoms with Gasteiger partial charge in [0, 0.05) is 11.1 Å². The van der Waals surface area contributed by atoms with Crippen molar-refractivity contribution >= 4 is 23.0 Å². The average Bonchev–Trinajstić information content (AvgIpc) is 2.92. The van der Waals surface area contributed by atoms with Crippen LogP contribution in [0.2, 0.25) is 5.02 Å². The van der Waals surface area contributed by atoms with Gasteiger partial charge in [0.1, 0.15) is 11.8 Å². The summed E-state index contributed by atoms with van der Waals surface area (Å²) in [6.07, 6.45) is -0.376. The molecule has 0 aliphatic rings. The lowest BCUT2D eigenvalue weighted by molar-refractivity contribution is -0.384. The molecule has 0 fully saturated rings. The first-order valence-electron chi connectivity index (χ1n) is 6.22. The van der Waals surface area contributed by atoms with Gasteiger partial charge in [-0.15, -0.1) is 0 Å². The highest BCUT2D eigenvalue weighted by Crippen LogP contribution is 2.28. The molecular formula is C12H13ClN4O5. The molecule has 1 N–H and O–H groups in total. The van der Waals surface area contributed by atoms with Crippen LogP contribution in [0.4, 0.5) is 11.4 Å². The minimum Gasteiger partial charge on any atom is -0.475 e. The minimum atomic E-state index is -0.491. The molecular weight excluding hydrogens is 316 g/mol. The van der Waals surface area contributed by atoms with Gasteiger partial charge in [-0.05, 0) is 29.4 Å². The Labute approximate surface area is 130 Å². The number of ether oxygens (including phenoxy) is 2. The molecule has 1 heterocycles. The molecule has 9 nitrogen and oxygen atoms in total. The van der Waals surface area contributed by atoms with Gasteiger partial charge >= 0.3 is 11.8 Å². The molecule has 2 aromatic rings. The third-order valence-electron chi connectivity index (χ3n) is 2.67. The number of methoxy groups -OCH3 is 1. The number of hydrogen-bond acceptors (Lipinski definition) is 8. The number of anilines is 1. The predicted molar refractivity (Wildman–Crippen MR) is 77.5 cm³/mol. The summed E-state index contributed by atoms with van der Waals surface area (Å²) in [5.74, 6) is 0.234. The summed E-state index contributed by atoms with van der Waals surface area (Å²) in [5, 5.41) is 21.3. The van der Waals surface area contributed by atoms with Crippen LogP contribution >= 0.6 is 11.6 Å². The number of nitrogens with zero attached hydrogens (tertiary/aromatic N) is 3. The lowest BCUT2D eigenvalue weighted by Crippen LogP contribution is -2.23. The lowest BCUT2D eigenvalue weighted by atomic mass is 10.2. The van der Waals surface area contributed by atoms with Gasteiger partial charge in [-0.3, -0.25) is 10.1 Å². The Hall–Kier alpha value is -2.55. The van der Waals surface area contributed by atoms with E-state index >= 15 is 0 Å². The van der Waals surface area contributed by atoms with Gasteiger partial charge in [0.15, 0.2) is 0 Å². The van der Waals surface area contributed by atoms with Crippen LogP contribution in [0.5, 0.6) is 11.8 Å². The van der Waals surface area contributed by atoms with Crippen molar-refractivity contribution in [2.45, 2.75) is 13.0 Å². The second-order valence-electron chi connectivity index (χ2n) is 4.31. The summed E-state index contributed by atoms with van der Waals surface area (Å²) in [4.78, 5) is 10.5. The summed E-state index contributed by atoms with van der Waals surface area (Å²) >= 11 is 5.85. The van der Waals surface area contributed by atoms with Crippen LogP contribution in [-0.4, -0.2) is 35.0 Å². The number of halogens is 1. The van der Waals surface area contributed by atoms with Gasteiger partial charge in [-0.2, -0.15) is 0 Å². The molecule has 0 bridgehead atoms. The van der Waals surface area contributed by atoms with E-state index in [1.165, 1.54) is 25.3 Å². The Bertz CT molecular complexity index is 663. The van der Waals surface area contributed by atoms with Gasteiger partial charge in [0.25, 0.3) is 5.69 Å². The minimum absolute atomic E-state index is 0.0720. The molecule has 0 saturated carbocycles. The SMILES string of the molecule is COc1nonc1OC(C)CNc1cc(Cl)ccc1[N+](=O)[O-]. The molecule has 1 atom stereocenters. The predicted octanol–water partition coefficient (Wildman–Crippen LogP) is 2.52. The quantitative estimate of drug-likeness (QED) is 0.609. The van der Waals surface area contributed by atoms with Gasteiger partial charge in [-0.1, -0.05) is 11.6 Å². The summed E-state index contributed by atoms with van der Waals surface area (Å²) in [7, 11) is 1.41. The zero-order valence-electron chi connectivity index (χ0n) is 11.8. The van der Waals surface area contributed by atoms with Gasteiger partial charge in [0.05, 0.1) is 18.6 Å². The van der Waals surface area contributed by atoms with E-state index in [4.69, 9.17) is 21.1 Å². The molecule has 1 aromatic heterocycles. The number of nitro groups is 1. The molecule has 1 unspecified atom stereocenters. The van der Waals surface area contributed by atoms with E-state index in [0.29, 0.717) is 10.7 Å². The molecule has 22 heavy (non-hydrogen) atoms. The monoisotopic (exact) mass is 328 g/mol. The standard InChI is InChI=1S/C12H13ClN4O5/c1-7(21-12-11(20-2)15-22-16-12)6-14-9-5-8(13)3-4-10(9)17(18)19/h3-5,7,14H,6H2,1-2H3. The molecule has 0 aliphatic heterocycles. The van der Waals surface area contributed by atoms with Crippen molar-refractivity contribution in [3.63, 3.8) is 0 Å².